The first-order valence-corrected chi connectivity index (χ1v) is 10.1. The van der Waals surface area contributed by atoms with Crippen molar-refractivity contribution in [2.45, 2.75) is 25.7 Å². The van der Waals surface area contributed by atoms with Crippen LogP contribution in [-0.2, 0) is 0 Å². The molecule has 2 atom stereocenters. The molecule has 4 rings (SSSR count). The van der Waals surface area contributed by atoms with Crippen LogP contribution in [0.4, 0.5) is 21.8 Å². The van der Waals surface area contributed by atoms with Crippen molar-refractivity contribution in [3.05, 3.63) is 41.6 Å². The van der Waals surface area contributed by atoms with E-state index in [-0.39, 0.29) is 5.02 Å². The van der Waals surface area contributed by atoms with Crippen molar-refractivity contribution < 1.29 is 4.39 Å². The summed E-state index contributed by atoms with van der Waals surface area (Å²) in [7, 11) is 0. The Morgan fingerprint density at radius 1 is 1.17 bits per heavy atom. The van der Waals surface area contributed by atoms with Gasteiger partial charge in [-0.3, -0.25) is 0 Å². The molecule has 1 aliphatic carbocycles. The van der Waals surface area contributed by atoms with Gasteiger partial charge >= 0.3 is 0 Å². The summed E-state index contributed by atoms with van der Waals surface area (Å²) in [6.45, 7) is 1.56. The molecule has 1 saturated carbocycles. The van der Waals surface area contributed by atoms with Crippen molar-refractivity contribution in [2.75, 3.05) is 23.7 Å². The highest BCUT2D eigenvalue weighted by atomic mass is 35.5. The van der Waals surface area contributed by atoms with Gasteiger partial charge in [0.25, 0.3) is 0 Å². The van der Waals surface area contributed by atoms with Crippen LogP contribution < -0.4 is 16.4 Å². The minimum absolute atomic E-state index is 0.0357. The van der Waals surface area contributed by atoms with E-state index in [0.29, 0.717) is 40.3 Å². The van der Waals surface area contributed by atoms with Crippen molar-refractivity contribution in [3.63, 3.8) is 0 Å². The lowest BCUT2D eigenvalue weighted by atomic mass is 9.81. The average Bonchev–Trinajstić information content (AvgIpc) is 2.75. The Hall–Kier alpha value is -2.58. The second kappa shape index (κ2) is 8.84. The normalized spacial score (nSPS) is 19.3. The van der Waals surface area contributed by atoms with Gasteiger partial charge in [0.1, 0.15) is 23.2 Å². The van der Waals surface area contributed by atoms with E-state index < -0.39 is 5.82 Å². The fourth-order valence-corrected chi connectivity index (χ4v) is 3.96. The largest absolute Gasteiger partial charge is 0.354 e. The molecular formula is C20H23ClFN7. The Morgan fingerprint density at radius 3 is 2.86 bits per heavy atom. The van der Waals surface area contributed by atoms with Crippen molar-refractivity contribution in [1.82, 2.24) is 19.9 Å². The first-order valence-electron chi connectivity index (χ1n) is 9.76. The van der Waals surface area contributed by atoms with Gasteiger partial charge in [0, 0.05) is 12.2 Å². The van der Waals surface area contributed by atoms with Gasteiger partial charge in [-0.05, 0) is 55.8 Å². The molecule has 2 unspecified atom stereocenters. The van der Waals surface area contributed by atoms with Gasteiger partial charge < -0.3 is 16.4 Å². The Bertz CT molecular complexity index is 1000. The lowest BCUT2D eigenvalue weighted by molar-refractivity contribution is 0.281. The summed E-state index contributed by atoms with van der Waals surface area (Å²) in [5.41, 5.74) is 7.64. The summed E-state index contributed by atoms with van der Waals surface area (Å²) in [6.07, 6.45) is 7.87. The molecular weight excluding hydrogens is 393 g/mol. The van der Waals surface area contributed by atoms with E-state index in [9.17, 15) is 4.39 Å². The zero-order valence-electron chi connectivity index (χ0n) is 15.9. The van der Waals surface area contributed by atoms with Crippen LogP contribution in [0.25, 0.3) is 11.0 Å². The smallest absolute Gasteiger partial charge is 0.223 e. The maximum atomic E-state index is 13.4. The number of nitrogens with zero attached hydrogens (tertiary/aromatic N) is 4. The number of anilines is 3. The van der Waals surface area contributed by atoms with Crippen molar-refractivity contribution >= 4 is 40.1 Å². The Kier molecular flexibility index (Phi) is 6.01. The van der Waals surface area contributed by atoms with Gasteiger partial charge in [-0.2, -0.15) is 0 Å². The number of hydrogen-bond donors (Lipinski definition) is 3. The molecule has 1 aliphatic rings. The summed E-state index contributed by atoms with van der Waals surface area (Å²) in [5.74, 6) is 1.74. The molecule has 2 aromatic heterocycles. The molecule has 29 heavy (non-hydrogen) atoms. The number of aromatic nitrogens is 4. The van der Waals surface area contributed by atoms with Crippen molar-refractivity contribution in [2.24, 2.45) is 17.6 Å². The lowest BCUT2D eigenvalue weighted by Crippen LogP contribution is -2.26. The zero-order chi connectivity index (χ0) is 20.2. The molecule has 4 N–H and O–H groups in total. The highest BCUT2D eigenvalue weighted by Gasteiger charge is 2.21. The topological polar surface area (TPSA) is 102 Å². The molecule has 3 aromatic rings. The van der Waals surface area contributed by atoms with E-state index in [1.54, 1.807) is 12.3 Å². The van der Waals surface area contributed by atoms with Gasteiger partial charge in [0.15, 0.2) is 5.82 Å². The third-order valence-corrected chi connectivity index (χ3v) is 5.62. The van der Waals surface area contributed by atoms with E-state index in [2.05, 4.69) is 30.6 Å². The Balaban J connectivity index is 1.51. The molecule has 0 saturated heterocycles. The monoisotopic (exact) mass is 415 g/mol. The third kappa shape index (κ3) is 4.71. The maximum Gasteiger partial charge on any atom is 0.223 e. The van der Waals surface area contributed by atoms with Gasteiger partial charge in [-0.1, -0.05) is 18.0 Å². The molecule has 1 aromatic carbocycles. The molecule has 0 aliphatic heterocycles. The van der Waals surface area contributed by atoms with Crippen LogP contribution >= 0.6 is 11.6 Å². The average molecular weight is 416 g/mol. The van der Waals surface area contributed by atoms with Gasteiger partial charge in [-0.15, -0.1) is 0 Å². The molecule has 9 heteroatoms. The second-order valence-electron chi connectivity index (χ2n) is 7.42. The van der Waals surface area contributed by atoms with Crippen LogP contribution in [-0.4, -0.2) is 33.0 Å². The standard InChI is InChI=1S/C20H23ClFN7/c21-15-7-14(4-5-16(15)22)28-19-18-17(26-11-27-19)10-25-20(29-18)24-9-13-3-1-2-12(6-13)8-23/h4-5,7,10-13H,1-3,6,8-9,23H2,(H,24,25,29)(H,26,27,28). The lowest BCUT2D eigenvalue weighted by Gasteiger charge is -2.28. The number of benzene rings is 1. The molecule has 0 radical (unpaired) electrons. The maximum absolute atomic E-state index is 13.4. The third-order valence-electron chi connectivity index (χ3n) is 5.33. The summed E-state index contributed by atoms with van der Waals surface area (Å²) < 4.78 is 13.4. The fourth-order valence-electron chi connectivity index (χ4n) is 3.78. The number of halogens is 2. The van der Waals surface area contributed by atoms with Crippen LogP contribution in [0.5, 0.6) is 0 Å². The van der Waals surface area contributed by atoms with Crippen LogP contribution in [0.15, 0.2) is 30.7 Å². The summed E-state index contributed by atoms with van der Waals surface area (Å²) in [4.78, 5) is 17.5. The van der Waals surface area contributed by atoms with Crippen molar-refractivity contribution in [1.29, 1.82) is 0 Å². The number of fused-ring (bicyclic) bond motifs is 1. The SMILES string of the molecule is NCC1CCCC(CNc2ncc3ncnc(Nc4ccc(F)c(Cl)c4)c3n2)C1. The molecule has 0 bridgehead atoms. The van der Waals surface area contributed by atoms with E-state index in [1.807, 2.05) is 0 Å². The first kappa shape index (κ1) is 19.7. The number of nitrogens with one attached hydrogen (secondary N) is 2. The quantitative estimate of drug-likeness (QED) is 0.556. The minimum atomic E-state index is -0.474. The predicted octanol–water partition coefficient (Wildman–Crippen LogP) is 4.13. The summed E-state index contributed by atoms with van der Waals surface area (Å²) in [6, 6.07) is 4.39. The van der Waals surface area contributed by atoms with E-state index in [0.717, 1.165) is 19.5 Å². The molecule has 152 valence electrons. The predicted molar refractivity (Wildman–Crippen MR) is 113 cm³/mol. The highest BCUT2D eigenvalue weighted by Crippen LogP contribution is 2.29. The first-order chi connectivity index (χ1) is 14.1. The molecule has 0 spiro atoms. The fraction of sp³-hybridized carbons (Fsp3) is 0.400. The molecule has 0 amide bonds. The van der Waals surface area contributed by atoms with Crippen LogP contribution in [0.1, 0.15) is 25.7 Å². The van der Waals surface area contributed by atoms with E-state index in [1.165, 1.54) is 37.7 Å². The van der Waals surface area contributed by atoms with Crippen LogP contribution in [0, 0.1) is 17.7 Å². The molecule has 1 fully saturated rings. The Labute approximate surface area is 173 Å². The number of rotatable bonds is 6. The summed E-state index contributed by atoms with van der Waals surface area (Å²) >= 11 is 5.87. The van der Waals surface area contributed by atoms with Gasteiger partial charge in [-0.25, -0.2) is 24.3 Å². The van der Waals surface area contributed by atoms with Crippen LogP contribution in [0.3, 0.4) is 0 Å². The van der Waals surface area contributed by atoms with Gasteiger partial charge in [0.05, 0.1) is 11.2 Å². The van der Waals surface area contributed by atoms with Crippen LogP contribution in [0.2, 0.25) is 5.02 Å². The zero-order valence-corrected chi connectivity index (χ0v) is 16.7. The van der Waals surface area contributed by atoms with E-state index >= 15 is 0 Å². The summed E-state index contributed by atoms with van der Waals surface area (Å²) in [5, 5.41) is 6.50. The van der Waals surface area contributed by atoms with E-state index in [4.69, 9.17) is 17.3 Å². The van der Waals surface area contributed by atoms with Crippen molar-refractivity contribution in [3.8, 4) is 0 Å². The van der Waals surface area contributed by atoms with Gasteiger partial charge in [0.2, 0.25) is 5.95 Å². The minimum Gasteiger partial charge on any atom is -0.354 e. The second-order valence-corrected chi connectivity index (χ2v) is 7.83. The number of hydrogen-bond acceptors (Lipinski definition) is 7. The Morgan fingerprint density at radius 2 is 2.03 bits per heavy atom. The highest BCUT2D eigenvalue weighted by molar-refractivity contribution is 6.31. The number of nitrogens with two attached hydrogens (primary N) is 1. The molecule has 2 heterocycles. The molecule has 7 nitrogen and oxygen atoms in total.